The number of aromatic nitrogens is 4. The van der Waals surface area contributed by atoms with Crippen LogP contribution in [0.5, 0.6) is 5.75 Å². The second-order valence-electron chi connectivity index (χ2n) is 6.41. The van der Waals surface area contributed by atoms with Gasteiger partial charge in [-0.1, -0.05) is 17.7 Å². The van der Waals surface area contributed by atoms with Gasteiger partial charge in [0.15, 0.2) is 6.73 Å². The van der Waals surface area contributed by atoms with Crippen molar-refractivity contribution in [1.82, 2.24) is 19.6 Å². The first-order valence-electron chi connectivity index (χ1n) is 8.62. The molecule has 0 spiro atoms. The van der Waals surface area contributed by atoms with Gasteiger partial charge in [0.05, 0.1) is 34.4 Å². The average Bonchev–Trinajstić information content (AvgIpc) is 3.20. The first-order valence-corrected chi connectivity index (χ1v) is 9.70. The maximum absolute atomic E-state index is 12.1. The minimum atomic E-state index is -0.0743. The molecule has 0 atom stereocenters. The molecule has 0 aliphatic carbocycles. The fourth-order valence-corrected chi connectivity index (χ4v) is 3.08. The van der Waals surface area contributed by atoms with Crippen molar-refractivity contribution in [3.05, 3.63) is 57.2 Å². The predicted octanol–water partition coefficient (Wildman–Crippen LogP) is 3.67. The first-order chi connectivity index (χ1) is 12.9. The fraction of sp³-hybridized carbons (Fsp3) is 0.316. The van der Waals surface area contributed by atoms with Crippen molar-refractivity contribution >= 4 is 34.2 Å². The minimum absolute atomic E-state index is 0.0743. The van der Waals surface area contributed by atoms with E-state index in [1.54, 1.807) is 23.3 Å². The molecule has 0 saturated heterocycles. The first kappa shape index (κ1) is 19.4. The van der Waals surface area contributed by atoms with Crippen molar-refractivity contribution in [3.63, 3.8) is 0 Å². The summed E-state index contributed by atoms with van der Waals surface area (Å²) in [5.74, 6) is 0.751. The summed E-state index contributed by atoms with van der Waals surface area (Å²) in [5, 5.41) is 11.3. The molecule has 0 aliphatic rings. The molecule has 1 aromatic carbocycles. The topological polar surface area (TPSA) is 74.0 Å². The van der Waals surface area contributed by atoms with Gasteiger partial charge in [0.25, 0.3) is 0 Å². The number of hydrogen-bond donors (Lipinski definition) is 1. The summed E-state index contributed by atoms with van der Waals surface area (Å²) >= 11 is 2.23. The third-order valence-electron chi connectivity index (χ3n) is 4.19. The van der Waals surface area contributed by atoms with E-state index >= 15 is 0 Å². The van der Waals surface area contributed by atoms with Crippen LogP contribution < -0.4 is 10.1 Å². The normalized spacial score (nSPS) is 10.8. The van der Waals surface area contributed by atoms with Gasteiger partial charge in [-0.15, -0.1) is 0 Å². The van der Waals surface area contributed by atoms with Crippen LogP contribution >= 0.6 is 22.6 Å². The summed E-state index contributed by atoms with van der Waals surface area (Å²) in [6, 6.07) is 6.04. The molecular weight excluding hydrogens is 457 g/mol. The number of nitrogens with zero attached hydrogens (tertiary/aromatic N) is 4. The number of anilines is 1. The third kappa shape index (κ3) is 5.09. The van der Waals surface area contributed by atoms with E-state index in [2.05, 4.69) is 44.2 Å². The highest BCUT2D eigenvalue weighted by molar-refractivity contribution is 14.1. The molecule has 27 heavy (non-hydrogen) atoms. The van der Waals surface area contributed by atoms with Crippen LogP contribution in [0.2, 0.25) is 0 Å². The van der Waals surface area contributed by atoms with Gasteiger partial charge >= 0.3 is 0 Å². The zero-order valence-corrected chi connectivity index (χ0v) is 17.7. The fourth-order valence-electron chi connectivity index (χ4n) is 2.68. The average molecular weight is 479 g/mol. The van der Waals surface area contributed by atoms with Crippen LogP contribution in [-0.2, 0) is 18.1 Å². The predicted molar refractivity (Wildman–Crippen MR) is 112 cm³/mol. The van der Waals surface area contributed by atoms with Gasteiger partial charge in [-0.05, 0) is 55.0 Å². The van der Waals surface area contributed by atoms with Crippen molar-refractivity contribution in [1.29, 1.82) is 0 Å². The summed E-state index contributed by atoms with van der Waals surface area (Å²) in [6.07, 6.45) is 5.52. The maximum atomic E-state index is 12.1. The molecule has 7 nitrogen and oxygen atoms in total. The molecule has 2 heterocycles. The van der Waals surface area contributed by atoms with Gasteiger partial charge in [-0.3, -0.25) is 9.48 Å². The molecule has 3 rings (SSSR count). The van der Waals surface area contributed by atoms with Crippen molar-refractivity contribution in [3.8, 4) is 5.75 Å². The zero-order valence-electron chi connectivity index (χ0n) is 15.6. The summed E-state index contributed by atoms with van der Waals surface area (Å²) in [6.45, 7) is 6.88. The van der Waals surface area contributed by atoms with E-state index in [1.165, 1.54) is 5.56 Å². The Kier molecular flexibility index (Phi) is 6.15. The third-order valence-corrected chi connectivity index (χ3v) is 5.25. The summed E-state index contributed by atoms with van der Waals surface area (Å²) < 4.78 is 10.4. The Bertz CT molecular complexity index is 947. The Hall–Kier alpha value is -2.36. The molecular formula is C19H22IN5O2. The van der Waals surface area contributed by atoms with Gasteiger partial charge in [-0.2, -0.15) is 10.2 Å². The van der Waals surface area contributed by atoms with Crippen LogP contribution in [-0.4, -0.2) is 25.5 Å². The molecule has 0 unspecified atom stereocenters. The SMILES string of the molecule is Cc1ccc(OCn2cc(NC(=O)CCn3ncc(I)c3C)cn2)c(C)c1. The Balaban J connectivity index is 1.50. The second kappa shape index (κ2) is 8.55. The maximum Gasteiger partial charge on any atom is 0.226 e. The Labute approximate surface area is 171 Å². The van der Waals surface area contributed by atoms with Crippen LogP contribution in [0, 0.1) is 24.3 Å². The number of ether oxygens (including phenoxy) is 1. The van der Waals surface area contributed by atoms with E-state index in [1.807, 2.05) is 37.6 Å². The van der Waals surface area contributed by atoms with Crippen LogP contribution in [0.25, 0.3) is 0 Å². The lowest BCUT2D eigenvalue weighted by Gasteiger charge is -2.09. The van der Waals surface area contributed by atoms with Gasteiger partial charge in [-0.25, -0.2) is 4.68 Å². The minimum Gasteiger partial charge on any atom is -0.471 e. The highest BCUT2D eigenvalue weighted by Crippen LogP contribution is 2.19. The number of amides is 1. The standard InChI is InChI=1S/C19H22IN5O2/c1-13-4-5-18(14(2)8-13)27-12-24-11-16(9-21-24)23-19(26)6-7-25-15(3)17(20)10-22-25/h4-5,8-11H,6-7,12H2,1-3H3,(H,23,26). The van der Waals surface area contributed by atoms with Crippen molar-refractivity contribution in [2.45, 2.75) is 40.5 Å². The van der Waals surface area contributed by atoms with Gasteiger partial charge in [0, 0.05) is 12.1 Å². The summed E-state index contributed by atoms with van der Waals surface area (Å²) in [4.78, 5) is 12.1. The molecule has 1 N–H and O–H groups in total. The Morgan fingerprint density at radius 2 is 2.04 bits per heavy atom. The zero-order chi connectivity index (χ0) is 19.4. The quantitative estimate of drug-likeness (QED) is 0.525. The number of rotatable bonds is 7. The summed E-state index contributed by atoms with van der Waals surface area (Å²) in [5.41, 5.74) is 4.00. The molecule has 0 bridgehead atoms. The van der Waals surface area contributed by atoms with Gasteiger partial charge < -0.3 is 10.1 Å². The lowest BCUT2D eigenvalue weighted by molar-refractivity contribution is -0.116. The molecule has 0 saturated carbocycles. The molecule has 0 radical (unpaired) electrons. The molecule has 0 fully saturated rings. The molecule has 2 aromatic heterocycles. The van der Waals surface area contributed by atoms with E-state index in [0.29, 0.717) is 18.7 Å². The molecule has 8 heteroatoms. The number of hydrogen-bond acceptors (Lipinski definition) is 4. The van der Waals surface area contributed by atoms with E-state index < -0.39 is 0 Å². The number of carbonyl (C=O) groups excluding carboxylic acids is 1. The number of halogens is 1. The van der Waals surface area contributed by atoms with E-state index in [4.69, 9.17) is 4.74 Å². The van der Waals surface area contributed by atoms with Crippen LogP contribution in [0.4, 0.5) is 5.69 Å². The van der Waals surface area contributed by atoms with Crippen molar-refractivity contribution < 1.29 is 9.53 Å². The smallest absolute Gasteiger partial charge is 0.226 e. The second-order valence-corrected chi connectivity index (χ2v) is 7.57. The van der Waals surface area contributed by atoms with Gasteiger partial charge in [0.2, 0.25) is 5.91 Å². The van der Waals surface area contributed by atoms with E-state index in [0.717, 1.165) is 20.6 Å². The van der Waals surface area contributed by atoms with E-state index in [9.17, 15) is 4.79 Å². The number of benzene rings is 1. The van der Waals surface area contributed by atoms with Crippen molar-refractivity contribution in [2.75, 3.05) is 5.32 Å². The molecule has 0 aliphatic heterocycles. The lowest BCUT2D eigenvalue weighted by atomic mass is 10.1. The molecule has 1 amide bonds. The Morgan fingerprint density at radius 1 is 1.22 bits per heavy atom. The summed E-state index contributed by atoms with van der Waals surface area (Å²) in [7, 11) is 0. The number of nitrogens with one attached hydrogen (secondary N) is 1. The van der Waals surface area contributed by atoms with Crippen molar-refractivity contribution in [2.24, 2.45) is 0 Å². The number of aryl methyl sites for hydroxylation is 3. The lowest BCUT2D eigenvalue weighted by Crippen LogP contribution is -2.15. The molecule has 3 aromatic rings. The highest BCUT2D eigenvalue weighted by Gasteiger charge is 2.08. The Morgan fingerprint density at radius 3 is 2.74 bits per heavy atom. The highest BCUT2D eigenvalue weighted by atomic mass is 127. The van der Waals surface area contributed by atoms with Crippen LogP contribution in [0.1, 0.15) is 23.2 Å². The van der Waals surface area contributed by atoms with E-state index in [-0.39, 0.29) is 12.6 Å². The monoisotopic (exact) mass is 479 g/mol. The number of carbonyl (C=O) groups is 1. The van der Waals surface area contributed by atoms with Gasteiger partial charge in [0.1, 0.15) is 5.75 Å². The van der Waals surface area contributed by atoms with Crippen LogP contribution in [0.3, 0.4) is 0 Å². The van der Waals surface area contributed by atoms with Crippen LogP contribution in [0.15, 0.2) is 36.8 Å². The molecule has 142 valence electrons. The largest absolute Gasteiger partial charge is 0.471 e.